The highest BCUT2D eigenvalue weighted by molar-refractivity contribution is 6.74. The van der Waals surface area contributed by atoms with Gasteiger partial charge in [0.05, 0.1) is 0 Å². The number of fused-ring (bicyclic) bond motifs is 1. The predicted octanol–water partition coefficient (Wildman–Crippen LogP) is 6.29. The predicted molar refractivity (Wildman–Crippen MR) is 171 cm³/mol. The number of aromatic nitrogens is 2. The Balaban J connectivity index is 2.62. The fourth-order valence-electron chi connectivity index (χ4n) is 3.70. The summed E-state index contributed by atoms with van der Waals surface area (Å²) in [5, 5.41) is 6.03. The zero-order chi connectivity index (χ0) is 34.2. The second-order valence-electron chi connectivity index (χ2n) is 15.4. The van der Waals surface area contributed by atoms with Crippen molar-refractivity contribution in [3.05, 3.63) is 5.69 Å². The van der Waals surface area contributed by atoms with Gasteiger partial charge in [-0.05, 0) is 87.4 Å². The zero-order valence-corrected chi connectivity index (χ0v) is 30.0. The largest absolute Gasteiger partial charge is 0.455 e. The molecular formula is C30H51N5O8Si. The molecule has 2 N–H and O–H groups in total. The molecule has 1 aliphatic heterocycles. The highest BCUT2D eigenvalue weighted by Gasteiger charge is 2.42. The third-order valence-electron chi connectivity index (χ3n) is 6.66. The van der Waals surface area contributed by atoms with Crippen LogP contribution in [0.5, 0.6) is 0 Å². The van der Waals surface area contributed by atoms with E-state index >= 15 is 0 Å². The van der Waals surface area contributed by atoms with Crippen molar-refractivity contribution >= 4 is 49.7 Å². The molecule has 13 nitrogen and oxygen atoms in total. The van der Waals surface area contributed by atoms with Crippen molar-refractivity contribution in [1.29, 1.82) is 0 Å². The van der Waals surface area contributed by atoms with Crippen molar-refractivity contribution in [3.63, 3.8) is 0 Å². The molecule has 0 unspecified atom stereocenters. The molecule has 2 rings (SSSR count). The van der Waals surface area contributed by atoms with Gasteiger partial charge in [-0.25, -0.2) is 19.4 Å². The first-order valence-electron chi connectivity index (χ1n) is 14.8. The third-order valence-corrected chi connectivity index (χ3v) is 11.2. The van der Waals surface area contributed by atoms with Crippen LogP contribution in [0.15, 0.2) is 0 Å². The maximum atomic E-state index is 13.5. The fraction of sp³-hybridized carbons (Fsp3) is 0.733. The van der Waals surface area contributed by atoms with E-state index in [1.165, 1.54) is 0 Å². The van der Waals surface area contributed by atoms with Crippen molar-refractivity contribution < 1.29 is 37.8 Å². The SMILES string of the molecule is C[C@H](O[Si](C)(C)C(C)(C)C)C(=O)[C@H]1CNc2nc(N(C(=O)OC(C)(C)C)C(=O)OC(C)(C)C)nc(C(=O)OC(C)(C)C)c2N1. The molecule has 0 radical (unpaired) electrons. The van der Waals surface area contributed by atoms with Crippen molar-refractivity contribution in [1.82, 2.24) is 9.97 Å². The molecule has 2 amide bonds. The molecule has 2 atom stereocenters. The van der Waals surface area contributed by atoms with Crippen LogP contribution >= 0.6 is 0 Å². The first-order chi connectivity index (χ1) is 19.6. The van der Waals surface area contributed by atoms with Crippen LogP contribution in [-0.4, -0.2) is 77.7 Å². The molecule has 0 aromatic carbocycles. The first kappa shape index (κ1) is 36.9. The van der Waals surface area contributed by atoms with Gasteiger partial charge in [0, 0.05) is 6.54 Å². The quantitative estimate of drug-likeness (QED) is 0.204. The van der Waals surface area contributed by atoms with Gasteiger partial charge in [-0.3, -0.25) is 4.79 Å². The topological polar surface area (TPSA) is 158 Å². The maximum absolute atomic E-state index is 13.5. The van der Waals surface area contributed by atoms with E-state index in [4.69, 9.17) is 18.6 Å². The number of esters is 1. The molecule has 0 saturated carbocycles. The number of hydrogen-bond acceptors (Lipinski definition) is 12. The summed E-state index contributed by atoms with van der Waals surface area (Å²) in [6.07, 6.45) is -2.93. The molecule has 1 aromatic heterocycles. The number of imide groups is 1. The zero-order valence-electron chi connectivity index (χ0n) is 29.0. The number of carbonyl (C=O) groups is 4. The van der Waals surface area contributed by atoms with Gasteiger partial charge in [0.1, 0.15) is 34.6 Å². The second-order valence-corrected chi connectivity index (χ2v) is 20.2. The van der Waals surface area contributed by atoms with Crippen LogP contribution < -0.4 is 15.5 Å². The summed E-state index contributed by atoms with van der Waals surface area (Å²) in [5.74, 6) is -1.48. The van der Waals surface area contributed by atoms with Crippen molar-refractivity contribution in [2.45, 2.75) is 137 Å². The Morgan fingerprint density at radius 2 is 1.30 bits per heavy atom. The molecule has 44 heavy (non-hydrogen) atoms. The molecule has 0 aliphatic carbocycles. The fourth-order valence-corrected chi connectivity index (χ4v) is 5.05. The summed E-state index contributed by atoms with van der Waals surface area (Å²) in [7, 11) is -2.26. The molecule has 0 saturated heterocycles. The van der Waals surface area contributed by atoms with Crippen LogP contribution in [0.2, 0.25) is 18.1 Å². The smallest absolute Gasteiger partial charge is 0.427 e. The van der Waals surface area contributed by atoms with Gasteiger partial charge >= 0.3 is 18.2 Å². The summed E-state index contributed by atoms with van der Waals surface area (Å²) in [5.41, 5.74) is -3.07. The summed E-state index contributed by atoms with van der Waals surface area (Å²) in [6.45, 7) is 27.1. The molecule has 2 heterocycles. The van der Waals surface area contributed by atoms with Gasteiger partial charge in [0.15, 0.2) is 25.6 Å². The summed E-state index contributed by atoms with van der Waals surface area (Å²) < 4.78 is 22.8. The molecule has 248 valence electrons. The van der Waals surface area contributed by atoms with E-state index in [0.29, 0.717) is 4.90 Å². The van der Waals surface area contributed by atoms with E-state index in [9.17, 15) is 19.2 Å². The normalized spacial score (nSPS) is 16.5. The molecule has 14 heteroatoms. The number of Topliss-reactive ketones (excluding diaryl/α,β-unsaturated/α-hetero) is 1. The minimum Gasteiger partial charge on any atom is -0.455 e. The number of hydrogen-bond donors (Lipinski definition) is 2. The minimum absolute atomic E-state index is 0.0787. The Labute approximate surface area is 262 Å². The lowest BCUT2D eigenvalue weighted by atomic mass is 10.1. The number of ketones is 1. The summed E-state index contributed by atoms with van der Waals surface area (Å²) in [6, 6.07) is -0.800. The molecule has 0 fully saturated rings. The van der Waals surface area contributed by atoms with Gasteiger partial charge in [0.2, 0.25) is 5.95 Å². The highest BCUT2D eigenvalue weighted by Crippen LogP contribution is 2.38. The van der Waals surface area contributed by atoms with Gasteiger partial charge in [-0.15, -0.1) is 4.90 Å². The number of ether oxygens (including phenoxy) is 3. The average molecular weight is 638 g/mol. The number of carbonyl (C=O) groups excluding carboxylic acids is 4. The Kier molecular flexibility index (Phi) is 10.6. The van der Waals surface area contributed by atoms with Crippen LogP contribution in [0.25, 0.3) is 0 Å². The number of anilines is 3. The third kappa shape index (κ3) is 9.88. The molecular weight excluding hydrogens is 586 g/mol. The molecule has 1 aromatic rings. The second kappa shape index (κ2) is 12.6. The van der Waals surface area contributed by atoms with E-state index < -0.39 is 61.4 Å². The summed E-state index contributed by atoms with van der Waals surface area (Å²) >= 11 is 0. The van der Waals surface area contributed by atoms with Crippen molar-refractivity contribution in [2.24, 2.45) is 0 Å². The van der Waals surface area contributed by atoms with Crippen molar-refractivity contribution in [3.8, 4) is 0 Å². The van der Waals surface area contributed by atoms with Crippen LogP contribution in [0.4, 0.5) is 27.0 Å². The van der Waals surface area contributed by atoms with E-state index in [1.807, 2.05) is 0 Å². The first-order valence-corrected chi connectivity index (χ1v) is 17.7. The lowest BCUT2D eigenvalue weighted by Gasteiger charge is -2.39. The van der Waals surface area contributed by atoms with Gasteiger partial charge in [-0.2, -0.15) is 4.98 Å². The Hall–Kier alpha value is -3.26. The van der Waals surface area contributed by atoms with E-state index in [1.54, 1.807) is 69.2 Å². The molecule has 1 aliphatic rings. The van der Waals surface area contributed by atoms with E-state index in [2.05, 4.69) is 54.5 Å². The van der Waals surface area contributed by atoms with Crippen LogP contribution in [-0.2, 0) is 23.4 Å². The highest BCUT2D eigenvalue weighted by atomic mass is 28.4. The van der Waals surface area contributed by atoms with Crippen LogP contribution in [0.1, 0.15) is 100 Å². The maximum Gasteiger partial charge on any atom is 0.427 e. The standard InChI is InChI=1S/C30H51N5O8Si/c1-17(43-44(14,15)30(11,12)13)21(36)18-16-31-22-19(32-18)20(23(37)40-27(2,3)4)33-24(34-22)35(25(38)41-28(5,6)7)26(39)42-29(8,9)10/h17-18,32H,16H2,1-15H3,(H,31,33,34)/t17-,18+/m0/s1. The lowest BCUT2D eigenvalue weighted by molar-refractivity contribution is -0.126. The number of nitrogens with one attached hydrogen (secondary N) is 2. The Morgan fingerprint density at radius 3 is 1.73 bits per heavy atom. The number of nitrogens with zero attached hydrogens (tertiary/aromatic N) is 3. The number of amides is 2. The summed E-state index contributed by atoms with van der Waals surface area (Å²) in [4.78, 5) is 62.8. The van der Waals surface area contributed by atoms with Crippen LogP contribution in [0, 0.1) is 0 Å². The van der Waals surface area contributed by atoms with Crippen molar-refractivity contribution in [2.75, 3.05) is 22.1 Å². The van der Waals surface area contributed by atoms with E-state index in [0.717, 1.165) is 0 Å². The van der Waals surface area contributed by atoms with E-state index in [-0.39, 0.29) is 34.6 Å². The lowest BCUT2D eigenvalue weighted by Crippen LogP contribution is -2.50. The minimum atomic E-state index is -2.26. The Bertz CT molecular complexity index is 1240. The van der Waals surface area contributed by atoms with Gasteiger partial charge in [0.25, 0.3) is 0 Å². The average Bonchev–Trinajstić information content (AvgIpc) is 2.78. The van der Waals surface area contributed by atoms with Gasteiger partial charge in [-0.1, -0.05) is 20.8 Å². The Morgan fingerprint density at radius 1 is 0.818 bits per heavy atom. The number of rotatable bonds is 6. The molecule has 0 bridgehead atoms. The van der Waals surface area contributed by atoms with Crippen LogP contribution in [0.3, 0.4) is 0 Å². The molecule has 0 spiro atoms. The van der Waals surface area contributed by atoms with Gasteiger partial charge < -0.3 is 29.3 Å². The monoisotopic (exact) mass is 637 g/mol.